The first-order valence-corrected chi connectivity index (χ1v) is 5.79. The van der Waals surface area contributed by atoms with Crippen molar-refractivity contribution in [2.75, 3.05) is 19.0 Å². The molecule has 2 rings (SSSR count). The summed E-state index contributed by atoms with van der Waals surface area (Å²) in [5.41, 5.74) is 1.06. The lowest BCUT2D eigenvalue weighted by Crippen LogP contribution is -2.08. The Bertz CT molecular complexity index is 596. The summed E-state index contributed by atoms with van der Waals surface area (Å²) in [6.45, 7) is 0. The van der Waals surface area contributed by atoms with Gasteiger partial charge in [-0.25, -0.2) is 9.78 Å². The van der Waals surface area contributed by atoms with Gasteiger partial charge in [-0.05, 0) is 45.6 Å². The third-order valence-electron chi connectivity index (χ3n) is 2.50. The van der Waals surface area contributed by atoms with E-state index in [1.165, 1.54) is 0 Å². The van der Waals surface area contributed by atoms with Gasteiger partial charge in [-0.2, -0.15) is 0 Å². The molecular weight excluding hydrogens is 284 g/mol. The normalized spacial score (nSPS) is 10.5. The summed E-state index contributed by atoms with van der Waals surface area (Å²) in [5.74, 6) is -1.03. The minimum absolute atomic E-state index is 0.0419. The fourth-order valence-corrected chi connectivity index (χ4v) is 2.14. The van der Waals surface area contributed by atoms with Gasteiger partial charge in [0, 0.05) is 25.2 Å². The monoisotopic (exact) mass is 294 g/mol. The van der Waals surface area contributed by atoms with Crippen LogP contribution in [0.2, 0.25) is 0 Å². The van der Waals surface area contributed by atoms with Crippen LogP contribution in [0.3, 0.4) is 0 Å². The lowest BCUT2D eigenvalue weighted by molar-refractivity contribution is 0.0690. The van der Waals surface area contributed by atoms with Gasteiger partial charge >= 0.3 is 5.97 Å². The molecule has 0 atom stereocenters. The lowest BCUT2D eigenvalue weighted by atomic mass is 10.1. The van der Waals surface area contributed by atoms with Crippen molar-refractivity contribution in [3.8, 4) is 0 Å². The molecule has 1 aromatic heterocycles. The van der Waals surface area contributed by atoms with Gasteiger partial charge in [0.2, 0.25) is 0 Å². The van der Waals surface area contributed by atoms with E-state index in [2.05, 4.69) is 20.9 Å². The fraction of sp³-hybridized carbons (Fsp3) is 0.167. The number of hydrogen-bond donors (Lipinski definition) is 1. The lowest BCUT2D eigenvalue weighted by Gasteiger charge is -2.13. The van der Waals surface area contributed by atoms with E-state index in [-0.39, 0.29) is 5.69 Å². The molecule has 0 spiro atoms. The molecule has 4 nitrogen and oxygen atoms in total. The van der Waals surface area contributed by atoms with Gasteiger partial charge in [0.15, 0.2) is 0 Å². The van der Waals surface area contributed by atoms with Crippen LogP contribution in [-0.4, -0.2) is 30.2 Å². The predicted octanol–water partition coefficient (Wildman–Crippen LogP) is 2.76. The molecule has 17 heavy (non-hydrogen) atoms. The van der Waals surface area contributed by atoms with Gasteiger partial charge < -0.3 is 10.0 Å². The van der Waals surface area contributed by atoms with Crippen LogP contribution >= 0.6 is 15.9 Å². The number of carboxylic acid groups (broad SMARTS) is 1. The molecule has 5 heteroatoms. The maximum atomic E-state index is 10.9. The summed E-state index contributed by atoms with van der Waals surface area (Å²) in [4.78, 5) is 16.9. The molecule has 0 aliphatic heterocycles. The zero-order valence-corrected chi connectivity index (χ0v) is 11.0. The zero-order valence-electron chi connectivity index (χ0n) is 9.44. The molecule has 0 saturated carbocycles. The largest absolute Gasteiger partial charge is 0.477 e. The van der Waals surface area contributed by atoms with Crippen molar-refractivity contribution in [1.29, 1.82) is 0 Å². The van der Waals surface area contributed by atoms with Crippen molar-refractivity contribution < 1.29 is 9.90 Å². The topological polar surface area (TPSA) is 53.4 Å². The Kier molecular flexibility index (Phi) is 3.02. The van der Waals surface area contributed by atoms with Crippen molar-refractivity contribution in [3.63, 3.8) is 0 Å². The van der Waals surface area contributed by atoms with E-state index in [9.17, 15) is 4.79 Å². The Morgan fingerprint density at radius 1 is 1.35 bits per heavy atom. The highest BCUT2D eigenvalue weighted by Gasteiger charge is 2.10. The zero-order chi connectivity index (χ0) is 12.6. The summed E-state index contributed by atoms with van der Waals surface area (Å²) in [6, 6.07) is 7.41. The summed E-state index contributed by atoms with van der Waals surface area (Å²) >= 11 is 3.29. The number of carboxylic acids is 1. The van der Waals surface area contributed by atoms with Crippen molar-refractivity contribution in [2.24, 2.45) is 0 Å². The average molecular weight is 295 g/mol. The fourth-order valence-electron chi connectivity index (χ4n) is 1.59. The highest BCUT2D eigenvalue weighted by molar-refractivity contribution is 9.10. The molecule has 1 heterocycles. The first kappa shape index (κ1) is 11.9. The van der Waals surface area contributed by atoms with Crippen molar-refractivity contribution in [2.45, 2.75) is 0 Å². The SMILES string of the molecule is CN(C)c1ccc2c(Br)nc(C(=O)O)cc2c1. The maximum Gasteiger partial charge on any atom is 0.354 e. The number of rotatable bonds is 2. The van der Waals surface area contributed by atoms with Crippen LogP contribution < -0.4 is 4.90 Å². The second kappa shape index (κ2) is 4.33. The van der Waals surface area contributed by atoms with Crippen LogP contribution in [0.1, 0.15) is 10.5 Å². The first-order chi connectivity index (χ1) is 7.99. The van der Waals surface area contributed by atoms with Gasteiger partial charge in [-0.1, -0.05) is 0 Å². The Morgan fingerprint density at radius 2 is 2.06 bits per heavy atom. The number of hydrogen-bond acceptors (Lipinski definition) is 3. The minimum atomic E-state index is -1.03. The molecule has 1 N–H and O–H groups in total. The molecule has 0 fully saturated rings. The summed E-state index contributed by atoms with van der Waals surface area (Å²) in [7, 11) is 3.88. The number of halogens is 1. The van der Waals surface area contributed by atoms with E-state index in [0.29, 0.717) is 4.60 Å². The molecule has 88 valence electrons. The number of carbonyl (C=O) groups is 1. The number of aromatic carboxylic acids is 1. The van der Waals surface area contributed by atoms with E-state index < -0.39 is 5.97 Å². The van der Waals surface area contributed by atoms with Crippen LogP contribution in [-0.2, 0) is 0 Å². The molecule has 0 unspecified atom stereocenters. The molecule has 0 bridgehead atoms. The van der Waals surface area contributed by atoms with Gasteiger partial charge in [0.25, 0.3) is 0 Å². The molecule has 0 radical (unpaired) electrons. The highest BCUT2D eigenvalue weighted by Crippen LogP contribution is 2.26. The Hall–Kier alpha value is -1.62. The molecule has 1 aromatic carbocycles. The van der Waals surface area contributed by atoms with Crippen molar-refractivity contribution >= 4 is 38.4 Å². The average Bonchev–Trinajstić information content (AvgIpc) is 2.27. The summed E-state index contributed by atoms with van der Waals surface area (Å²) < 4.78 is 0.553. The van der Waals surface area contributed by atoms with Crippen LogP contribution in [0.15, 0.2) is 28.9 Å². The molecular formula is C12H11BrN2O2. The third kappa shape index (κ3) is 2.24. The van der Waals surface area contributed by atoms with Gasteiger partial charge in [-0.15, -0.1) is 0 Å². The molecule has 0 aliphatic carbocycles. The molecule has 2 aromatic rings. The Labute approximate surface area is 107 Å². The number of pyridine rings is 1. The van der Waals surface area contributed by atoms with Crippen LogP contribution in [0.4, 0.5) is 5.69 Å². The number of nitrogens with zero attached hydrogens (tertiary/aromatic N) is 2. The van der Waals surface area contributed by atoms with E-state index >= 15 is 0 Å². The van der Waals surface area contributed by atoms with E-state index in [0.717, 1.165) is 16.5 Å². The van der Waals surface area contributed by atoms with E-state index in [4.69, 9.17) is 5.11 Å². The van der Waals surface area contributed by atoms with Crippen LogP contribution in [0.25, 0.3) is 10.8 Å². The summed E-state index contributed by atoms with van der Waals surface area (Å²) in [6.07, 6.45) is 0. The molecule has 0 amide bonds. The van der Waals surface area contributed by atoms with Gasteiger partial charge in [-0.3, -0.25) is 0 Å². The van der Waals surface area contributed by atoms with Gasteiger partial charge in [0.1, 0.15) is 10.3 Å². The third-order valence-corrected chi connectivity index (χ3v) is 3.11. The van der Waals surface area contributed by atoms with Gasteiger partial charge in [0.05, 0.1) is 0 Å². The minimum Gasteiger partial charge on any atom is -0.477 e. The highest BCUT2D eigenvalue weighted by atomic mass is 79.9. The second-order valence-corrected chi connectivity index (χ2v) is 4.65. The first-order valence-electron chi connectivity index (χ1n) is 5.00. The van der Waals surface area contributed by atoms with E-state index in [1.54, 1.807) is 6.07 Å². The van der Waals surface area contributed by atoms with Crippen LogP contribution in [0, 0.1) is 0 Å². The number of aromatic nitrogens is 1. The maximum absolute atomic E-state index is 10.9. The second-order valence-electron chi connectivity index (χ2n) is 3.90. The van der Waals surface area contributed by atoms with Crippen LogP contribution in [0.5, 0.6) is 0 Å². The Balaban J connectivity index is 2.70. The number of anilines is 1. The Morgan fingerprint density at radius 3 is 2.65 bits per heavy atom. The van der Waals surface area contributed by atoms with E-state index in [1.807, 2.05) is 37.2 Å². The molecule has 0 aliphatic rings. The smallest absolute Gasteiger partial charge is 0.354 e. The number of benzene rings is 1. The molecule has 0 saturated heterocycles. The summed E-state index contributed by atoms with van der Waals surface area (Å²) in [5, 5.41) is 10.7. The predicted molar refractivity (Wildman–Crippen MR) is 70.7 cm³/mol. The standard InChI is InChI=1S/C12H11BrN2O2/c1-15(2)8-3-4-9-7(5-8)6-10(12(16)17)14-11(9)13/h3-6H,1-2H3,(H,16,17). The quantitative estimate of drug-likeness (QED) is 0.866. The number of fused-ring (bicyclic) bond motifs is 1. The van der Waals surface area contributed by atoms with Crippen molar-refractivity contribution in [1.82, 2.24) is 4.98 Å². The van der Waals surface area contributed by atoms with Crippen molar-refractivity contribution in [3.05, 3.63) is 34.6 Å².